The van der Waals surface area contributed by atoms with Gasteiger partial charge in [-0.3, -0.25) is 4.79 Å². The van der Waals surface area contributed by atoms with E-state index in [4.69, 9.17) is 4.74 Å². The van der Waals surface area contributed by atoms with Crippen LogP contribution in [0.3, 0.4) is 0 Å². The third-order valence-corrected chi connectivity index (χ3v) is 2.49. The number of carbonyl (C=O) groups excluding carboxylic acids is 2. The van der Waals surface area contributed by atoms with E-state index in [-0.39, 0.29) is 17.8 Å². The lowest BCUT2D eigenvalue weighted by Crippen LogP contribution is -2.47. The molecule has 0 aliphatic rings. The summed E-state index contributed by atoms with van der Waals surface area (Å²) in [5, 5.41) is 2.69. The molecule has 0 aromatic carbocycles. The van der Waals surface area contributed by atoms with Crippen LogP contribution < -0.4 is 5.32 Å². The summed E-state index contributed by atoms with van der Waals surface area (Å²) in [6.45, 7) is 11.1. The molecule has 0 heterocycles. The minimum atomic E-state index is -0.599. The lowest BCUT2D eigenvalue weighted by Gasteiger charge is -2.27. The lowest BCUT2D eigenvalue weighted by atomic mass is 9.99. The van der Waals surface area contributed by atoms with Crippen molar-refractivity contribution in [2.75, 3.05) is 0 Å². The van der Waals surface area contributed by atoms with Crippen molar-refractivity contribution in [1.29, 1.82) is 0 Å². The van der Waals surface area contributed by atoms with E-state index in [2.05, 4.69) is 5.32 Å². The molecule has 4 heteroatoms. The smallest absolute Gasteiger partial charge is 0.329 e. The van der Waals surface area contributed by atoms with Crippen LogP contribution in [0.1, 0.15) is 48.0 Å². The van der Waals surface area contributed by atoms with Crippen molar-refractivity contribution in [3.63, 3.8) is 0 Å². The van der Waals surface area contributed by atoms with E-state index < -0.39 is 11.6 Å². The average molecular weight is 255 g/mol. The molecule has 4 nitrogen and oxygen atoms in total. The summed E-state index contributed by atoms with van der Waals surface area (Å²) in [4.78, 5) is 23.6. The molecule has 0 aromatic rings. The van der Waals surface area contributed by atoms with Crippen LogP contribution in [0.15, 0.2) is 12.2 Å². The standard InChI is InChI=1S/C14H25NO3/c1-7-9-11(16)15-12(10(3)8-2)13(17)18-14(4,5)6/h7,9-10,12H,8H2,1-6H3,(H,15,16)/b9-7+/t10-,12-/m0/s1. The Hall–Kier alpha value is -1.32. The van der Waals surface area contributed by atoms with Crippen LogP contribution in [0.2, 0.25) is 0 Å². The first-order chi connectivity index (χ1) is 8.21. The second-order valence-corrected chi connectivity index (χ2v) is 5.41. The molecule has 18 heavy (non-hydrogen) atoms. The van der Waals surface area contributed by atoms with E-state index in [0.717, 1.165) is 6.42 Å². The van der Waals surface area contributed by atoms with Gasteiger partial charge in [-0.1, -0.05) is 26.3 Å². The fourth-order valence-electron chi connectivity index (χ4n) is 1.39. The SMILES string of the molecule is C/C=C/C(=O)N[C@H](C(=O)OC(C)(C)C)[C@@H](C)CC. The Morgan fingerprint density at radius 1 is 1.33 bits per heavy atom. The van der Waals surface area contributed by atoms with Crippen LogP contribution in [0.25, 0.3) is 0 Å². The molecule has 1 N–H and O–H groups in total. The van der Waals surface area contributed by atoms with Crippen molar-refractivity contribution in [2.24, 2.45) is 5.92 Å². The first-order valence-electron chi connectivity index (χ1n) is 6.37. The minimum absolute atomic E-state index is 0.0362. The number of hydrogen-bond donors (Lipinski definition) is 1. The number of rotatable bonds is 5. The van der Waals surface area contributed by atoms with Crippen LogP contribution in [0, 0.1) is 5.92 Å². The Balaban J connectivity index is 4.78. The van der Waals surface area contributed by atoms with Gasteiger partial charge in [0.05, 0.1) is 0 Å². The quantitative estimate of drug-likeness (QED) is 0.606. The van der Waals surface area contributed by atoms with Crippen molar-refractivity contribution in [3.05, 3.63) is 12.2 Å². The molecule has 0 saturated carbocycles. The summed E-state index contributed by atoms with van der Waals surface area (Å²) >= 11 is 0. The van der Waals surface area contributed by atoms with Gasteiger partial charge in [0.25, 0.3) is 0 Å². The van der Waals surface area contributed by atoms with Gasteiger partial charge in [0.2, 0.25) is 5.91 Å². The molecule has 0 spiro atoms. The highest BCUT2D eigenvalue weighted by Crippen LogP contribution is 2.14. The summed E-state index contributed by atoms with van der Waals surface area (Å²) in [6, 6.07) is -0.599. The molecule has 0 saturated heterocycles. The van der Waals surface area contributed by atoms with Gasteiger partial charge in [0.1, 0.15) is 11.6 Å². The third-order valence-electron chi connectivity index (χ3n) is 2.49. The topological polar surface area (TPSA) is 55.4 Å². The molecule has 2 atom stereocenters. The zero-order valence-electron chi connectivity index (χ0n) is 12.2. The van der Waals surface area contributed by atoms with Gasteiger partial charge in [0, 0.05) is 0 Å². The first-order valence-corrected chi connectivity index (χ1v) is 6.37. The number of carbonyl (C=O) groups is 2. The van der Waals surface area contributed by atoms with Crippen molar-refractivity contribution in [3.8, 4) is 0 Å². The normalized spacial score (nSPS) is 15.2. The summed E-state index contributed by atoms with van der Waals surface area (Å²) in [7, 11) is 0. The van der Waals surface area contributed by atoms with Gasteiger partial charge < -0.3 is 10.1 Å². The third kappa shape index (κ3) is 6.42. The molecule has 0 aliphatic heterocycles. The highest BCUT2D eigenvalue weighted by Gasteiger charge is 2.29. The second-order valence-electron chi connectivity index (χ2n) is 5.41. The maximum absolute atomic E-state index is 12.0. The molecule has 0 fully saturated rings. The molecular weight excluding hydrogens is 230 g/mol. The van der Waals surface area contributed by atoms with Crippen molar-refractivity contribution in [2.45, 2.75) is 59.6 Å². The number of nitrogens with one attached hydrogen (secondary N) is 1. The zero-order valence-corrected chi connectivity index (χ0v) is 12.2. The number of amides is 1. The van der Waals surface area contributed by atoms with Gasteiger partial charge in [-0.2, -0.15) is 0 Å². The molecule has 0 unspecified atom stereocenters. The van der Waals surface area contributed by atoms with Crippen LogP contribution in [-0.2, 0) is 14.3 Å². The molecule has 0 aromatic heterocycles. The van der Waals surface area contributed by atoms with Crippen LogP contribution in [0.4, 0.5) is 0 Å². The molecule has 1 amide bonds. The monoisotopic (exact) mass is 255 g/mol. The molecule has 0 radical (unpaired) electrons. The van der Waals surface area contributed by atoms with Crippen LogP contribution in [0.5, 0.6) is 0 Å². The molecule has 0 bridgehead atoms. The van der Waals surface area contributed by atoms with Gasteiger partial charge in [0.15, 0.2) is 0 Å². The number of esters is 1. The fraction of sp³-hybridized carbons (Fsp3) is 0.714. The van der Waals surface area contributed by atoms with Crippen molar-refractivity contribution in [1.82, 2.24) is 5.32 Å². The van der Waals surface area contributed by atoms with Crippen molar-refractivity contribution >= 4 is 11.9 Å². The predicted octanol–water partition coefficient (Wildman–Crippen LogP) is 2.44. The largest absolute Gasteiger partial charge is 0.458 e. The minimum Gasteiger partial charge on any atom is -0.458 e. The first kappa shape index (κ1) is 16.7. The summed E-state index contributed by atoms with van der Waals surface area (Å²) in [6.07, 6.45) is 3.83. The van der Waals surface area contributed by atoms with Gasteiger partial charge >= 0.3 is 5.97 Å². The Morgan fingerprint density at radius 3 is 2.28 bits per heavy atom. The maximum Gasteiger partial charge on any atom is 0.329 e. The van der Waals surface area contributed by atoms with E-state index in [9.17, 15) is 9.59 Å². The highest BCUT2D eigenvalue weighted by molar-refractivity contribution is 5.91. The number of ether oxygens (including phenoxy) is 1. The Kier molecular flexibility index (Phi) is 6.66. The van der Waals surface area contributed by atoms with E-state index >= 15 is 0 Å². The van der Waals surface area contributed by atoms with E-state index in [1.54, 1.807) is 13.0 Å². The Bertz CT molecular complexity index is 315. The average Bonchev–Trinajstić information content (AvgIpc) is 2.22. The Morgan fingerprint density at radius 2 is 1.89 bits per heavy atom. The van der Waals surface area contributed by atoms with Crippen molar-refractivity contribution < 1.29 is 14.3 Å². The zero-order chi connectivity index (χ0) is 14.3. The second kappa shape index (κ2) is 7.19. The van der Waals surface area contributed by atoms with Crippen LogP contribution >= 0.6 is 0 Å². The van der Waals surface area contributed by atoms with E-state index in [1.807, 2.05) is 34.6 Å². The summed E-state index contributed by atoms with van der Waals surface area (Å²) in [5.74, 6) is -0.614. The molecular formula is C14H25NO3. The maximum atomic E-state index is 12.0. The summed E-state index contributed by atoms with van der Waals surface area (Å²) in [5.41, 5.74) is -0.548. The predicted molar refractivity (Wildman–Crippen MR) is 72.0 cm³/mol. The lowest BCUT2D eigenvalue weighted by molar-refractivity contribution is -0.159. The molecule has 0 rings (SSSR count). The summed E-state index contributed by atoms with van der Waals surface area (Å²) < 4.78 is 5.32. The van der Waals surface area contributed by atoms with E-state index in [1.165, 1.54) is 6.08 Å². The molecule has 104 valence electrons. The van der Waals surface area contributed by atoms with Crippen LogP contribution in [-0.4, -0.2) is 23.5 Å². The molecule has 0 aliphatic carbocycles. The number of hydrogen-bond acceptors (Lipinski definition) is 3. The van der Waals surface area contributed by atoms with Gasteiger partial charge in [-0.05, 0) is 39.7 Å². The van der Waals surface area contributed by atoms with Gasteiger partial charge in [-0.15, -0.1) is 0 Å². The van der Waals surface area contributed by atoms with E-state index in [0.29, 0.717) is 0 Å². The van der Waals surface area contributed by atoms with Gasteiger partial charge in [-0.25, -0.2) is 4.79 Å². The number of allylic oxidation sites excluding steroid dienone is 1. The highest BCUT2D eigenvalue weighted by atomic mass is 16.6. The fourth-order valence-corrected chi connectivity index (χ4v) is 1.39. The Labute approximate surface area is 110 Å².